The third-order valence-electron chi connectivity index (χ3n) is 3.14. The van der Waals surface area contributed by atoms with E-state index in [-0.39, 0.29) is 0 Å². The van der Waals surface area contributed by atoms with Crippen molar-refractivity contribution < 1.29 is 0 Å². The molecule has 3 aromatic rings. The van der Waals surface area contributed by atoms with Crippen LogP contribution in [0.5, 0.6) is 0 Å². The van der Waals surface area contributed by atoms with Gasteiger partial charge in [0, 0.05) is 24.2 Å². The first-order valence-corrected chi connectivity index (χ1v) is 7.34. The van der Waals surface area contributed by atoms with Gasteiger partial charge in [0.1, 0.15) is 5.82 Å². The number of anilines is 1. The Morgan fingerprint density at radius 1 is 1.10 bits per heavy atom. The molecule has 0 aliphatic rings. The second-order valence-corrected chi connectivity index (χ2v) is 5.50. The number of nitrogens with one attached hydrogen (secondary N) is 1. The number of pyridine rings is 1. The molecule has 0 aliphatic carbocycles. The van der Waals surface area contributed by atoms with E-state index in [1.165, 1.54) is 0 Å². The highest BCUT2D eigenvalue weighted by molar-refractivity contribution is 14.1. The minimum absolute atomic E-state index is 0.728. The van der Waals surface area contributed by atoms with Gasteiger partial charge in [-0.1, -0.05) is 18.2 Å². The topological polar surface area (TPSA) is 50.7 Å². The molecular formula is C15H13IN4. The van der Waals surface area contributed by atoms with Crippen molar-refractivity contribution in [2.24, 2.45) is 0 Å². The Hall–Kier alpha value is -1.76. The van der Waals surface area contributed by atoms with Gasteiger partial charge >= 0.3 is 0 Å². The summed E-state index contributed by atoms with van der Waals surface area (Å²) in [6.07, 6.45) is 1.80. The number of aromatic nitrogens is 3. The number of fused-ring (bicyclic) bond motifs is 1. The number of halogens is 1. The van der Waals surface area contributed by atoms with Crippen LogP contribution in [-0.4, -0.2) is 22.0 Å². The zero-order valence-corrected chi connectivity index (χ0v) is 13.3. The lowest BCUT2D eigenvalue weighted by molar-refractivity contribution is 1.09. The molecule has 0 saturated carbocycles. The summed E-state index contributed by atoms with van der Waals surface area (Å²) in [6, 6.07) is 10.00. The Labute approximate surface area is 130 Å². The van der Waals surface area contributed by atoms with Gasteiger partial charge in [0.25, 0.3) is 0 Å². The lowest BCUT2D eigenvalue weighted by Gasteiger charge is -2.10. The molecule has 0 fully saturated rings. The van der Waals surface area contributed by atoms with Crippen molar-refractivity contribution in [3.05, 3.63) is 45.8 Å². The molecule has 0 atom stereocenters. The second-order valence-electron chi connectivity index (χ2n) is 4.42. The van der Waals surface area contributed by atoms with E-state index in [2.05, 4.69) is 42.9 Å². The maximum absolute atomic E-state index is 4.62. The monoisotopic (exact) mass is 376 g/mol. The summed E-state index contributed by atoms with van der Waals surface area (Å²) in [4.78, 5) is 13.6. The number of rotatable bonds is 2. The predicted molar refractivity (Wildman–Crippen MR) is 89.8 cm³/mol. The fourth-order valence-corrected chi connectivity index (χ4v) is 2.65. The molecule has 4 nitrogen and oxygen atoms in total. The Balaban J connectivity index is 2.28. The summed E-state index contributed by atoms with van der Waals surface area (Å²) in [5, 5.41) is 4.19. The maximum atomic E-state index is 4.62. The van der Waals surface area contributed by atoms with Gasteiger partial charge in [-0.15, -0.1) is 0 Å². The molecule has 1 N–H and O–H groups in total. The van der Waals surface area contributed by atoms with Gasteiger partial charge in [-0.3, -0.25) is 4.98 Å². The number of para-hydroxylation sites is 1. The summed E-state index contributed by atoms with van der Waals surface area (Å²) < 4.78 is 1.05. The minimum Gasteiger partial charge on any atom is -0.372 e. The second kappa shape index (κ2) is 5.32. The van der Waals surface area contributed by atoms with Crippen LogP contribution in [0.15, 0.2) is 36.5 Å². The molecule has 0 spiro atoms. The number of aryl methyl sites for hydroxylation is 1. The molecule has 0 radical (unpaired) electrons. The summed E-state index contributed by atoms with van der Waals surface area (Å²) in [5.74, 6) is 1.58. The van der Waals surface area contributed by atoms with Gasteiger partial charge in [0.15, 0.2) is 5.82 Å². The number of nitrogens with zero attached hydrogens (tertiary/aromatic N) is 3. The largest absolute Gasteiger partial charge is 0.372 e. The summed E-state index contributed by atoms with van der Waals surface area (Å²) in [7, 11) is 1.87. The molecule has 0 amide bonds. The van der Waals surface area contributed by atoms with Crippen LogP contribution in [0.1, 0.15) is 5.69 Å². The molecule has 5 heteroatoms. The summed E-state index contributed by atoms with van der Waals surface area (Å²) >= 11 is 2.26. The van der Waals surface area contributed by atoms with Gasteiger partial charge in [-0.2, -0.15) is 0 Å². The van der Waals surface area contributed by atoms with Crippen LogP contribution in [0.2, 0.25) is 0 Å². The average molecular weight is 376 g/mol. The van der Waals surface area contributed by atoms with E-state index in [9.17, 15) is 0 Å². The van der Waals surface area contributed by atoms with Crippen LogP contribution in [0, 0.1) is 10.5 Å². The van der Waals surface area contributed by atoms with Gasteiger partial charge in [-0.05, 0) is 41.6 Å². The van der Waals surface area contributed by atoms with E-state index in [1.807, 2.05) is 44.3 Å². The Bertz CT molecular complexity index is 781. The van der Waals surface area contributed by atoms with Crippen LogP contribution in [0.25, 0.3) is 22.3 Å². The zero-order valence-electron chi connectivity index (χ0n) is 11.2. The van der Waals surface area contributed by atoms with Crippen molar-refractivity contribution in [3.8, 4) is 11.4 Å². The van der Waals surface area contributed by atoms with E-state index in [4.69, 9.17) is 0 Å². The van der Waals surface area contributed by atoms with Crippen molar-refractivity contribution >= 4 is 39.3 Å². The molecule has 1 aromatic carbocycles. The molecule has 0 unspecified atom stereocenters. The van der Waals surface area contributed by atoms with Crippen molar-refractivity contribution in [1.82, 2.24) is 15.0 Å². The molecule has 0 saturated heterocycles. The molecule has 100 valence electrons. The standard InChI is InChI=1S/C15H13IN4/c1-9-13(16)15(17-2)20-14(19-9)11-7-8-18-12-6-4-3-5-10(11)12/h3-8H,1-2H3,(H,17,19,20). The van der Waals surface area contributed by atoms with Gasteiger partial charge in [0.05, 0.1) is 14.8 Å². The van der Waals surface area contributed by atoms with Crippen molar-refractivity contribution in [1.29, 1.82) is 0 Å². The normalized spacial score (nSPS) is 10.8. The maximum Gasteiger partial charge on any atom is 0.162 e. The summed E-state index contributed by atoms with van der Waals surface area (Å²) in [5.41, 5.74) is 2.93. The van der Waals surface area contributed by atoms with Crippen molar-refractivity contribution in [2.75, 3.05) is 12.4 Å². The molecular weight excluding hydrogens is 363 g/mol. The third kappa shape index (κ3) is 2.22. The van der Waals surface area contributed by atoms with E-state index < -0.39 is 0 Å². The van der Waals surface area contributed by atoms with E-state index in [0.717, 1.165) is 37.4 Å². The van der Waals surface area contributed by atoms with Crippen LogP contribution in [0.3, 0.4) is 0 Å². The lowest BCUT2D eigenvalue weighted by Crippen LogP contribution is -2.03. The highest BCUT2D eigenvalue weighted by Gasteiger charge is 2.12. The van der Waals surface area contributed by atoms with Gasteiger partial charge in [-0.25, -0.2) is 9.97 Å². The van der Waals surface area contributed by atoms with Crippen LogP contribution in [0.4, 0.5) is 5.82 Å². The highest BCUT2D eigenvalue weighted by atomic mass is 127. The van der Waals surface area contributed by atoms with Gasteiger partial charge < -0.3 is 5.32 Å². The smallest absolute Gasteiger partial charge is 0.162 e. The molecule has 0 bridgehead atoms. The fraction of sp³-hybridized carbons (Fsp3) is 0.133. The quantitative estimate of drug-likeness (QED) is 0.694. The first-order chi connectivity index (χ1) is 9.70. The van der Waals surface area contributed by atoms with Crippen LogP contribution < -0.4 is 5.32 Å². The van der Waals surface area contributed by atoms with Crippen LogP contribution in [-0.2, 0) is 0 Å². The molecule has 2 aromatic heterocycles. The van der Waals surface area contributed by atoms with Crippen molar-refractivity contribution in [2.45, 2.75) is 6.92 Å². The molecule has 2 heterocycles. The van der Waals surface area contributed by atoms with Crippen LogP contribution >= 0.6 is 22.6 Å². The Morgan fingerprint density at radius 3 is 2.70 bits per heavy atom. The molecule has 3 rings (SSSR count). The Morgan fingerprint density at radius 2 is 1.90 bits per heavy atom. The molecule has 20 heavy (non-hydrogen) atoms. The first-order valence-electron chi connectivity index (χ1n) is 6.26. The number of hydrogen-bond acceptors (Lipinski definition) is 4. The lowest BCUT2D eigenvalue weighted by atomic mass is 10.1. The van der Waals surface area contributed by atoms with E-state index >= 15 is 0 Å². The SMILES string of the molecule is CNc1nc(-c2ccnc3ccccc23)nc(C)c1I. The first kappa shape index (κ1) is 13.2. The third-order valence-corrected chi connectivity index (χ3v) is 4.44. The highest BCUT2D eigenvalue weighted by Crippen LogP contribution is 2.27. The van der Waals surface area contributed by atoms with Crippen molar-refractivity contribution in [3.63, 3.8) is 0 Å². The predicted octanol–water partition coefficient (Wildman–Crippen LogP) is 3.65. The summed E-state index contributed by atoms with van der Waals surface area (Å²) in [6.45, 7) is 2.00. The number of hydrogen-bond donors (Lipinski definition) is 1. The van der Waals surface area contributed by atoms with E-state index in [0.29, 0.717) is 0 Å². The minimum atomic E-state index is 0.728. The average Bonchev–Trinajstić information content (AvgIpc) is 2.49. The zero-order chi connectivity index (χ0) is 14.1. The fourth-order valence-electron chi connectivity index (χ4n) is 2.14. The molecule has 0 aliphatic heterocycles. The van der Waals surface area contributed by atoms with Gasteiger partial charge in [0.2, 0.25) is 0 Å². The number of benzene rings is 1. The van der Waals surface area contributed by atoms with E-state index in [1.54, 1.807) is 6.20 Å². The Kier molecular flexibility index (Phi) is 3.52.